The van der Waals surface area contributed by atoms with Crippen LogP contribution in [0.25, 0.3) is 0 Å². The molecule has 1 heterocycles. The molecule has 0 unspecified atom stereocenters. The van der Waals surface area contributed by atoms with Crippen molar-refractivity contribution >= 4 is 34.8 Å². The van der Waals surface area contributed by atoms with Gasteiger partial charge in [-0.1, -0.05) is 23.7 Å². The summed E-state index contributed by atoms with van der Waals surface area (Å²) >= 11 is 12.2. The molecule has 1 atom stereocenters. The van der Waals surface area contributed by atoms with Crippen LogP contribution in [-0.4, -0.2) is 29.5 Å². The monoisotopic (exact) mass is 398 g/mol. The Hall–Kier alpha value is -1.86. The number of ether oxygens (including phenoxy) is 1. The van der Waals surface area contributed by atoms with Gasteiger partial charge in [0.15, 0.2) is 5.75 Å². The van der Waals surface area contributed by atoms with Crippen LogP contribution in [0.3, 0.4) is 0 Å². The Morgan fingerprint density at radius 3 is 2.81 bits per heavy atom. The maximum Gasteiger partial charge on any atom is 0.244 e. The lowest BCUT2D eigenvalue weighted by atomic mass is 9.97. The molecule has 138 valence electrons. The fourth-order valence-electron chi connectivity index (χ4n) is 2.95. The first kappa shape index (κ1) is 18.9. The molecule has 2 aromatic rings. The minimum atomic E-state index is -0.679. The van der Waals surface area contributed by atoms with Crippen LogP contribution in [0.5, 0.6) is 11.5 Å². The van der Waals surface area contributed by atoms with E-state index in [-0.39, 0.29) is 41.5 Å². The molecule has 0 fully saturated rings. The normalized spacial score (nSPS) is 16.6. The molecule has 2 aromatic carbocycles. The molecule has 5 nitrogen and oxygen atoms in total. The third-order valence-corrected chi connectivity index (χ3v) is 4.65. The second kappa shape index (κ2) is 7.80. The Balaban J connectivity index is 2.13. The number of carbonyl (C=O) groups is 1. The number of benzene rings is 2. The van der Waals surface area contributed by atoms with Crippen LogP contribution < -0.4 is 15.4 Å². The number of fused-ring (bicyclic) bond motifs is 1. The van der Waals surface area contributed by atoms with Crippen molar-refractivity contribution in [2.45, 2.75) is 19.1 Å². The molecule has 26 heavy (non-hydrogen) atoms. The van der Waals surface area contributed by atoms with Crippen LogP contribution >= 0.6 is 23.2 Å². The zero-order chi connectivity index (χ0) is 18.8. The van der Waals surface area contributed by atoms with Gasteiger partial charge in [-0.2, -0.15) is 0 Å². The van der Waals surface area contributed by atoms with Crippen LogP contribution in [-0.2, 0) is 17.8 Å². The average molecular weight is 399 g/mol. The summed E-state index contributed by atoms with van der Waals surface area (Å²) in [6.07, 6.45) is 0.330. The zero-order valence-corrected chi connectivity index (χ0v) is 15.2. The van der Waals surface area contributed by atoms with Crippen molar-refractivity contribution in [1.82, 2.24) is 0 Å². The maximum absolute atomic E-state index is 13.6. The number of anilines is 1. The van der Waals surface area contributed by atoms with Gasteiger partial charge in [0.25, 0.3) is 0 Å². The van der Waals surface area contributed by atoms with Gasteiger partial charge in [-0.25, -0.2) is 4.39 Å². The summed E-state index contributed by atoms with van der Waals surface area (Å²) in [7, 11) is 0. The molecule has 8 heteroatoms. The van der Waals surface area contributed by atoms with Crippen molar-refractivity contribution in [2.75, 3.05) is 17.3 Å². The molecule has 0 saturated heterocycles. The maximum atomic E-state index is 13.6. The number of aliphatic hydroxyl groups excluding tert-OH is 1. The third kappa shape index (κ3) is 3.50. The van der Waals surface area contributed by atoms with Crippen LogP contribution in [0.2, 0.25) is 5.02 Å². The van der Waals surface area contributed by atoms with Gasteiger partial charge < -0.3 is 20.5 Å². The number of aliphatic hydroxyl groups is 1. The molecule has 1 aliphatic rings. The van der Waals surface area contributed by atoms with Gasteiger partial charge in [-0.15, -0.1) is 11.6 Å². The van der Waals surface area contributed by atoms with Crippen molar-refractivity contribution < 1.29 is 19.0 Å². The number of nitrogens with two attached hydrogens (primary N) is 1. The number of rotatable bonds is 5. The van der Waals surface area contributed by atoms with E-state index in [1.165, 1.54) is 17.0 Å². The van der Waals surface area contributed by atoms with Crippen molar-refractivity contribution in [2.24, 2.45) is 5.73 Å². The van der Waals surface area contributed by atoms with Crippen LogP contribution in [0.4, 0.5) is 10.1 Å². The topological polar surface area (TPSA) is 75.8 Å². The Kier molecular flexibility index (Phi) is 5.67. The van der Waals surface area contributed by atoms with E-state index in [2.05, 4.69) is 0 Å². The van der Waals surface area contributed by atoms with Crippen LogP contribution in [0.15, 0.2) is 30.3 Å². The summed E-state index contributed by atoms with van der Waals surface area (Å²) < 4.78 is 19.5. The van der Waals surface area contributed by atoms with Crippen molar-refractivity contribution in [3.63, 3.8) is 0 Å². The molecule has 0 bridgehead atoms. The molecular weight excluding hydrogens is 382 g/mol. The fraction of sp³-hybridized carbons (Fsp3) is 0.278. The summed E-state index contributed by atoms with van der Waals surface area (Å²) in [5.74, 6) is -0.280. The van der Waals surface area contributed by atoms with Crippen LogP contribution in [0, 0.1) is 5.82 Å². The second-order valence-electron chi connectivity index (χ2n) is 5.89. The van der Waals surface area contributed by atoms with E-state index in [0.717, 1.165) is 11.6 Å². The smallest absolute Gasteiger partial charge is 0.244 e. The van der Waals surface area contributed by atoms with E-state index >= 15 is 0 Å². The van der Waals surface area contributed by atoms with Gasteiger partial charge in [-0.3, -0.25) is 4.79 Å². The lowest BCUT2D eigenvalue weighted by molar-refractivity contribution is -0.120. The number of nitrogens with zero attached hydrogens (tertiary/aromatic N) is 1. The van der Waals surface area contributed by atoms with E-state index in [0.29, 0.717) is 17.7 Å². The molecule has 0 saturated carbocycles. The van der Waals surface area contributed by atoms with Crippen molar-refractivity contribution in [3.05, 3.63) is 52.3 Å². The molecule has 0 aliphatic carbocycles. The standard InChI is InChI=1S/C18H17Cl2FN2O3/c19-5-6-23-16-10(7-14(22)18(23)25)2-4-13(20)17(16)26-15-8-12(21)3-1-11(15)9-24/h1-4,8,14,24H,5-7,9,22H2/t14-/m1/s1. The van der Waals surface area contributed by atoms with Gasteiger partial charge in [0.05, 0.1) is 23.4 Å². The Bertz CT molecular complexity index is 847. The first-order valence-corrected chi connectivity index (χ1v) is 8.89. The molecule has 0 spiro atoms. The SMILES string of the molecule is N[C@@H]1Cc2ccc(Cl)c(Oc3cc(F)ccc3CO)c2N(CCCl)C1=O. The number of amides is 1. The van der Waals surface area contributed by atoms with Gasteiger partial charge >= 0.3 is 0 Å². The number of alkyl halides is 1. The van der Waals surface area contributed by atoms with E-state index in [1.807, 2.05) is 0 Å². The quantitative estimate of drug-likeness (QED) is 0.758. The second-order valence-corrected chi connectivity index (χ2v) is 6.67. The van der Waals surface area contributed by atoms with Crippen molar-refractivity contribution in [1.29, 1.82) is 0 Å². The number of carbonyl (C=O) groups excluding carboxylic acids is 1. The Labute approximate surface area is 160 Å². The Morgan fingerprint density at radius 1 is 1.35 bits per heavy atom. The van der Waals surface area contributed by atoms with E-state index in [1.54, 1.807) is 12.1 Å². The summed E-state index contributed by atoms with van der Waals surface area (Å²) in [5, 5.41) is 9.72. The highest BCUT2D eigenvalue weighted by Gasteiger charge is 2.34. The van der Waals surface area contributed by atoms with Gasteiger partial charge in [0, 0.05) is 24.1 Å². The number of hydrogen-bond donors (Lipinski definition) is 2. The van der Waals surface area contributed by atoms with Crippen molar-refractivity contribution in [3.8, 4) is 11.5 Å². The molecule has 1 aliphatic heterocycles. The number of halogens is 3. The highest BCUT2D eigenvalue weighted by Crippen LogP contribution is 2.44. The summed E-state index contributed by atoms with van der Waals surface area (Å²) in [6, 6.07) is 6.53. The van der Waals surface area contributed by atoms with Gasteiger partial charge in [-0.05, 0) is 24.1 Å². The van der Waals surface area contributed by atoms with E-state index in [4.69, 9.17) is 33.7 Å². The molecule has 0 aromatic heterocycles. The predicted molar refractivity (Wildman–Crippen MR) is 98.6 cm³/mol. The first-order chi connectivity index (χ1) is 12.5. The summed E-state index contributed by atoms with van der Waals surface area (Å²) in [4.78, 5) is 14.0. The highest BCUT2D eigenvalue weighted by molar-refractivity contribution is 6.33. The molecule has 3 rings (SSSR count). The molecular formula is C18H17Cl2FN2O3. The Morgan fingerprint density at radius 2 is 2.12 bits per heavy atom. The fourth-order valence-corrected chi connectivity index (χ4v) is 3.31. The number of hydrogen-bond acceptors (Lipinski definition) is 4. The lowest BCUT2D eigenvalue weighted by Crippen LogP contribution is -2.49. The van der Waals surface area contributed by atoms with Gasteiger partial charge in [0.1, 0.15) is 11.6 Å². The highest BCUT2D eigenvalue weighted by atomic mass is 35.5. The summed E-state index contributed by atoms with van der Waals surface area (Å²) in [6.45, 7) is -0.106. The summed E-state index contributed by atoms with van der Waals surface area (Å²) in [5.41, 5.74) is 7.57. The van der Waals surface area contributed by atoms with Gasteiger partial charge in [0.2, 0.25) is 5.91 Å². The predicted octanol–water partition coefficient (Wildman–Crippen LogP) is 3.22. The minimum absolute atomic E-state index is 0.121. The largest absolute Gasteiger partial charge is 0.453 e. The zero-order valence-electron chi connectivity index (χ0n) is 13.7. The molecule has 3 N–H and O–H groups in total. The minimum Gasteiger partial charge on any atom is -0.453 e. The van der Waals surface area contributed by atoms with Crippen LogP contribution in [0.1, 0.15) is 11.1 Å². The lowest BCUT2D eigenvalue weighted by Gasteiger charge is -2.34. The molecule has 1 amide bonds. The van der Waals surface area contributed by atoms with E-state index < -0.39 is 11.9 Å². The average Bonchev–Trinajstić information content (AvgIpc) is 2.62. The third-order valence-electron chi connectivity index (χ3n) is 4.18. The first-order valence-electron chi connectivity index (χ1n) is 7.97. The molecule has 0 radical (unpaired) electrons. The van der Waals surface area contributed by atoms with E-state index in [9.17, 15) is 14.3 Å².